The number of benzene rings is 1. The van der Waals surface area contributed by atoms with Crippen molar-refractivity contribution in [1.82, 2.24) is 9.97 Å². The standard InChI is InChI=1S/C15H19N3/c1-11-4-5-14(12(2)8-11)6-7-16-15-9-13(3)17-10-18-15/h4-5,8-10H,6-7H2,1-3H3,(H,16,17,18). The number of nitrogens with zero attached hydrogens (tertiary/aromatic N) is 2. The van der Waals surface area contributed by atoms with Crippen molar-refractivity contribution in [1.29, 1.82) is 0 Å². The molecule has 2 aromatic rings. The molecule has 18 heavy (non-hydrogen) atoms. The molecule has 0 unspecified atom stereocenters. The third kappa shape index (κ3) is 3.29. The third-order valence-electron chi connectivity index (χ3n) is 3.00. The second-order valence-electron chi connectivity index (χ2n) is 4.65. The molecule has 1 aromatic heterocycles. The number of aromatic nitrogens is 2. The zero-order valence-corrected chi connectivity index (χ0v) is 11.2. The van der Waals surface area contributed by atoms with Gasteiger partial charge in [0.05, 0.1) is 0 Å². The minimum atomic E-state index is 0.889. The Bertz CT molecular complexity index is 535. The van der Waals surface area contributed by atoms with Crippen LogP contribution in [0.3, 0.4) is 0 Å². The van der Waals surface area contributed by atoms with Crippen LogP contribution in [-0.2, 0) is 6.42 Å². The molecule has 0 saturated heterocycles. The molecule has 3 heteroatoms. The summed E-state index contributed by atoms with van der Waals surface area (Å²) in [7, 11) is 0. The summed E-state index contributed by atoms with van der Waals surface area (Å²) in [4.78, 5) is 8.26. The Balaban J connectivity index is 1.92. The van der Waals surface area contributed by atoms with Crippen molar-refractivity contribution in [2.45, 2.75) is 27.2 Å². The van der Waals surface area contributed by atoms with Gasteiger partial charge in [0.15, 0.2) is 0 Å². The summed E-state index contributed by atoms with van der Waals surface area (Å²) < 4.78 is 0. The molecular weight excluding hydrogens is 222 g/mol. The smallest absolute Gasteiger partial charge is 0.129 e. The lowest BCUT2D eigenvalue weighted by molar-refractivity contribution is 0.981. The van der Waals surface area contributed by atoms with Crippen molar-refractivity contribution < 1.29 is 0 Å². The predicted molar refractivity (Wildman–Crippen MR) is 74.9 cm³/mol. The number of nitrogens with one attached hydrogen (secondary N) is 1. The first-order valence-electron chi connectivity index (χ1n) is 6.24. The fraction of sp³-hybridized carbons (Fsp3) is 0.333. The van der Waals surface area contributed by atoms with Crippen LogP contribution in [0.5, 0.6) is 0 Å². The van der Waals surface area contributed by atoms with Gasteiger partial charge in [-0.2, -0.15) is 0 Å². The zero-order valence-electron chi connectivity index (χ0n) is 11.2. The summed E-state index contributed by atoms with van der Waals surface area (Å²) in [5, 5.41) is 3.32. The molecule has 0 atom stereocenters. The van der Waals surface area contributed by atoms with Crippen molar-refractivity contribution in [3.63, 3.8) is 0 Å². The minimum Gasteiger partial charge on any atom is -0.370 e. The van der Waals surface area contributed by atoms with Gasteiger partial charge in [0.1, 0.15) is 12.1 Å². The van der Waals surface area contributed by atoms with Crippen LogP contribution < -0.4 is 5.32 Å². The van der Waals surface area contributed by atoms with Gasteiger partial charge in [-0.05, 0) is 38.3 Å². The largest absolute Gasteiger partial charge is 0.370 e. The molecule has 0 aliphatic rings. The maximum Gasteiger partial charge on any atom is 0.129 e. The van der Waals surface area contributed by atoms with Crippen LogP contribution in [-0.4, -0.2) is 16.5 Å². The highest BCUT2D eigenvalue weighted by atomic mass is 15.0. The zero-order chi connectivity index (χ0) is 13.0. The molecule has 2 rings (SSSR count). The summed E-state index contributed by atoms with van der Waals surface area (Å²) in [6, 6.07) is 8.56. The Morgan fingerprint density at radius 3 is 2.61 bits per heavy atom. The van der Waals surface area contributed by atoms with Crippen LogP contribution in [0.1, 0.15) is 22.4 Å². The summed E-state index contributed by atoms with van der Waals surface area (Å²) in [5.74, 6) is 0.896. The molecule has 1 N–H and O–H groups in total. The van der Waals surface area contributed by atoms with E-state index in [2.05, 4.69) is 47.3 Å². The molecule has 0 bridgehead atoms. The maximum absolute atomic E-state index is 4.19. The van der Waals surface area contributed by atoms with E-state index in [-0.39, 0.29) is 0 Å². The topological polar surface area (TPSA) is 37.8 Å². The molecule has 0 aliphatic carbocycles. The summed E-state index contributed by atoms with van der Waals surface area (Å²) in [6.45, 7) is 7.15. The van der Waals surface area contributed by atoms with Crippen molar-refractivity contribution in [2.75, 3.05) is 11.9 Å². The molecule has 94 valence electrons. The lowest BCUT2D eigenvalue weighted by Crippen LogP contribution is -2.07. The van der Waals surface area contributed by atoms with E-state index in [0.717, 1.165) is 24.5 Å². The molecule has 0 saturated carbocycles. The van der Waals surface area contributed by atoms with Gasteiger partial charge in [-0.1, -0.05) is 23.8 Å². The van der Waals surface area contributed by atoms with Crippen LogP contribution >= 0.6 is 0 Å². The lowest BCUT2D eigenvalue weighted by atomic mass is 10.0. The summed E-state index contributed by atoms with van der Waals surface area (Å²) >= 11 is 0. The monoisotopic (exact) mass is 241 g/mol. The Labute approximate surface area is 108 Å². The quantitative estimate of drug-likeness (QED) is 0.894. The van der Waals surface area contributed by atoms with Crippen LogP contribution in [0.4, 0.5) is 5.82 Å². The fourth-order valence-corrected chi connectivity index (χ4v) is 2.00. The van der Waals surface area contributed by atoms with Crippen LogP contribution in [0.2, 0.25) is 0 Å². The van der Waals surface area contributed by atoms with Gasteiger partial charge in [0.25, 0.3) is 0 Å². The van der Waals surface area contributed by atoms with Gasteiger partial charge in [0, 0.05) is 18.3 Å². The first kappa shape index (κ1) is 12.6. The molecule has 1 heterocycles. The van der Waals surface area contributed by atoms with Crippen LogP contribution in [0, 0.1) is 20.8 Å². The van der Waals surface area contributed by atoms with E-state index < -0.39 is 0 Å². The van der Waals surface area contributed by atoms with Gasteiger partial charge in [-0.25, -0.2) is 9.97 Å². The molecule has 0 aliphatic heterocycles. The normalized spacial score (nSPS) is 10.4. The summed E-state index contributed by atoms with van der Waals surface area (Å²) in [5.41, 5.74) is 5.05. The van der Waals surface area contributed by atoms with Crippen molar-refractivity contribution in [2.24, 2.45) is 0 Å². The van der Waals surface area contributed by atoms with E-state index >= 15 is 0 Å². The van der Waals surface area contributed by atoms with E-state index in [9.17, 15) is 0 Å². The predicted octanol–water partition coefficient (Wildman–Crippen LogP) is 3.06. The molecule has 0 spiro atoms. The molecular formula is C15H19N3. The van der Waals surface area contributed by atoms with E-state index in [4.69, 9.17) is 0 Å². The number of rotatable bonds is 4. The molecule has 1 aromatic carbocycles. The Morgan fingerprint density at radius 2 is 1.89 bits per heavy atom. The molecule has 0 radical (unpaired) electrons. The number of hydrogen-bond donors (Lipinski definition) is 1. The average Bonchev–Trinajstić information content (AvgIpc) is 2.32. The number of aryl methyl sites for hydroxylation is 3. The molecule has 3 nitrogen and oxygen atoms in total. The molecule has 0 amide bonds. The van der Waals surface area contributed by atoms with Gasteiger partial charge in [0.2, 0.25) is 0 Å². The maximum atomic E-state index is 4.19. The Kier molecular flexibility index (Phi) is 3.92. The summed E-state index contributed by atoms with van der Waals surface area (Å²) in [6.07, 6.45) is 2.60. The highest BCUT2D eigenvalue weighted by Gasteiger charge is 1.99. The van der Waals surface area contributed by atoms with Crippen molar-refractivity contribution in [3.8, 4) is 0 Å². The highest BCUT2D eigenvalue weighted by Crippen LogP contribution is 2.11. The highest BCUT2D eigenvalue weighted by molar-refractivity contribution is 5.36. The van der Waals surface area contributed by atoms with Crippen molar-refractivity contribution >= 4 is 5.82 Å². The van der Waals surface area contributed by atoms with Crippen molar-refractivity contribution in [3.05, 3.63) is 53.0 Å². The number of hydrogen-bond acceptors (Lipinski definition) is 3. The van der Waals surface area contributed by atoms with Crippen LogP contribution in [0.25, 0.3) is 0 Å². The second-order valence-corrected chi connectivity index (χ2v) is 4.65. The van der Waals surface area contributed by atoms with Crippen LogP contribution in [0.15, 0.2) is 30.6 Å². The SMILES string of the molecule is Cc1ccc(CCNc2cc(C)ncn2)c(C)c1. The van der Waals surface area contributed by atoms with E-state index in [1.807, 2.05) is 13.0 Å². The first-order valence-corrected chi connectivity index (χ1v) is 6.24. The van der Waals surface area contributed by atoms with Gasteiger partial charge < -0.3 is 5.32 Å². The van der Waals surface area contributed by atoms with E-state index in [1.165, 1.54) is 16.7 Å². The lowest BCUT2D eigenvalue weighted by Gasteiger charge is -2.08. The Hall–Kier alpha value is -1.90. The average molecular weight is 241 g/mol. The molecule has 0 fully saturated rings. The van der Waals surface area contributed by atoms with Gasteiger partial charge in [-0.15, -0.1) is 0 Å². The second kappa shape index (κ2) is 5.63. The number of anilines is 1. The van der Waals surface area contributed by atoms with Gasteiger partial charge >= 0.3 is 0 Å². The third-order valence-corrected chi connectivity index (χ3v) is 3.00. The van der Waals surface area contributed by atoms with E-state index in [1.54, 1.807) is 6.33 Å². The van der Waals surface area contributed by atoms with Gasteiger partial charge in [-0.3, -0.25) is 0 Å². The fourth-order valence-electron chi connectivity index (χ4n) is 2.00. The van der Waals surface area contributed by atoms with E-state index in [0.29, 0.717) is 0 Å². The minimum absolute atomic E-state index is 0.889. The Morgan fingerprint density at radius 1 is 1.06 bits per heavy atom. The first-order chi connectivity index (χ1) is 8.65.